The molecule has 18 heavy (non-hydrogen) atoms. The lowest BCUT2D eigenvalue weighted by Crippen LogP contribution is -3.14. The van der Waals surface area contributed by atoms with Crippen molar-refractivity contribution in [2.45, 2.75) is 12.8 Å². The average Bonchev–Trinajstić information content (AvgIpc) is 2.41. The predicted molar refractivity (Wildman–Crippen MR) is 70.7 cm³/mol. The normalized spacial score (nSPS) is 16.5. The van der Waals surface area contributed by atoms with Gasteiger partial charge in [-0.3, -0.25) is 0 Å². The van der Waals surface area contributed by atoms with Gasteiger partial charge in [-0.1, -0.05) is 0 Å². The van der Waals surface area contributed by atoms with E-state index in [1.54, 1.807) is 17.0 Å². The first kappa shape index (κ1) is 12.7. The number of anilines is 1. The molecule has 0 aromatic heterocycles. The minimum Gasteiger partial charge on any atom is -0.508 e. The number of phenols is 1. The molecule has 1 heterocycles. The van der Waals surface area contributed by atoms with Crippen LogP contribution in [0.15, 0.2) is 24.3 Å². The van der Waals surface area contributed by atoms with Gasteiger partial charge in [0.25, 0.3) is 0 Å². The van der Waals surface area contributed by atoms with Crippen LogP contribution >= 0.6 is 0 Å². The summed E-state index contributed by atoms with van der Waals surface area (Å²) in [4.78, 5) is 3.95. The largest absolute Gasteiger partial charge is 0.508 e. The molecular formula is C14H20N3O+. The molecule has 0 amide bonds. The first-order valence-electron chi connectivity index (χ1n) is 6.54. The number of nitriles is 1. The molecule has 0 radical (unpaired) electrons. The molecule has 0 aliphatic carbocycles. The van der Waals surface area contributed by atoms with Crippen LogP contribution in [0.3, 0.4) is 0 Å². The number of unbranched alkanes of at least 4 members (excludes halogenated alkanes) is 1. The third-order valence-corrected chi connectivity index (χ3v) is 3.50. The van der Waals surface area contributed by atoms with Crippen molar-refractivity contribution in [2.75, 3.05) is 37.6 Å². The lowest BCUT2D eigenvalue weighted by molar-refractivity contribution is -0.900. The number of hydrogen-bond donors (Lipinski definition) is 2. The van der Waals surface area contributed by atoms with E-state index in [4.69, 9.17) is 5.26 Å². The van der Waals surface area contributed by atoms with Crippen LogP contribution in [0.4, 0.5) is 5.69 Å². The van der Waals surface area contributed by atoms with Gasteiger partial charge in [0.15, 0.2) is 0 Å². The third-order valence-electron chi connectivity index (χ3n) is 3.50. The Morgan fingerprint density at radius 3 is 2.50 bits per heavy atom. The summed E-state index contributed by atoms with van der Waals surface area (Å²) >= 11 is 0. The molecule has 1 aliphatic rings. The van der Waals surface area contributed by atoms with Crippen LogP contribution < -0.4 is 9.80 Å². The van der Waals surface area contributed by atoms with Crippen molar-refractivity contribution >= 4 is 5.69 Å². The number of benzene rings is 1. The average molecular weight is 246 g/mol. The maximum atomic E-state index is 9.27. The molecule has 4 heteroatoms. The maximum Gasteiger partial charge on any atom is 0.115 e. The summed E-state index contributed by atoms with van der Waals surface area (Å²) < 4.78 is 0. The molecule has 0 saturated carbocycles. The number of aromatic hydroxyl groups is 1. The summed E-state index contributed by atoms with van der Waals surface area (Å²) in [6, 6.07) is 9.61. The molecular weight excluding hydrogens is 226 g/mol. The van der Waals surface area contributed by atoms with Gasteiger partial charge in [-0.05, 0) is 24.3 Å². The highest BCUT2D eigenvalue weighted by Crippen LogP contribution is 2.17. The van der Waals surface area contributed by atoms with Crippen molar-refractivity contribution in [3.05, 3.63) is 24.3 Å². The lowest BCUT2D eigenvalue weighted by atomic mass is 10.2. The first-order valence-corrected chi connectivity index (χ1v) is 6.54. The van der Waals surface area contributed by atoms with Crippen molar-refractivity contribution in [1.29, 1.82) is 5.26 Å². The number of quaternary nitrogens is 1. The number of piperazine rings is 1. The minimum absolute atomic E-state index is 0.319. The van der Waals surface area contributed by atoms with E-state index >= 15 is 0 Å². The minimum atomic E-state index is 0.319. The Balaban J connectivity index is 1.79. The van der Waals surface area contributed by atoms with Crippen LogP contribution in [-0.2, 0) is 0 Å². The van der Waals surface area contributed by atoms with Gasteiger partial charge < -0.3 is 14.9 Å². The Bertz CT molecular complexity index is 402. The van der Waals surface area contributed by atoms with Crippen LogP contribution in [0.25, 0.3) is 0 Å². The molecule has 1 fully saturated rings. The third kappa shape index (κ3) is 3.38. The molecule has 2 rings (SSSR count). The lowest BCUT2D eigenvalue weighted by Gasteiger charge is -2.33. The smallest absolute Gasteiger partial charge is 0.115 e. The molecule has 0 atom stereocenters. The first-order chi connectivity index (χ1) is 8.79. The van der Waals surface area contributed by atoms with Gasteiger partial charge in [0.05, 0.1) is 38.8 Å². The highest BCUT2D eigenvalue weighted by Gasteiger charge is 2.19. The second-order valence-corrected chi connectivity index (χ2v) is 4.77. The summed E-state index contributed by atoms with van der Waals surface area (Å²) in [6.45, 7) is 5.47. The number of phenolic OH excluding ortho intramolecular Hbond substituents is 1. The number of hydrogen-bond acceptors (Lipinski definition) is 3. The zero-order chi connectivity index (χ0) is 12.8. The van der Waals surface area contributed by atoms with Crippen molar-refractivity contribution in [3.63, 3.8) is 0 Å². The zero-order valence-corrected chi connectivity index (χ0v) is 10.6. The van der Waals surface area contributed by atoms with Gasteiger partial charge >= 0.3 is 0 Å². The molecule has 1 aromatic carbocycles. The van der Waals surface area contributed by atoms with Crippen LogP contribution in [0.1, 0.15) is 12.8 Å². The molecule has 0 spiro atoms. The molecule has 1 saturated heterocycles. The van der Waals surface area contributed by atoms with E-state index in [0.717, 1.165) is 39.1 Å². The Morgan fingerprint density at radius 2 is 1.89 bits per heavy atom. The van der Waals surface area contributed by atoms with Crippen molar-refractivity contribution < 1.29 is 10.0 Å². The van der Waals surface area contributed by atoms with Gasteiger partial charge in [-0.2, -0.15) is 5.26 Å². The molecule has 4 nitrogen and oxygen atoms in total. The van der Waals surface area contributed by atoms with Crippen LogP contribution in [-0.4, -0.2) is 37.8 Å². The fourth-order valence-electron chi connectivity index (χ4n) is 2.41. The summed E-state index contributed by atoms with van der Waals surface area (Å²) in [7, 11) is 0. The van der Waals surface area contributed by atoms with E-state index in [-0.39, 0.29) is 0 Å². The van der Waals surface area contributed by atoms with Crippen LogP contribution in [0, 0.1) is 11.3 Å². The summed E-state index contributed by atoms with van der Waals surface area (Å²) in [5, 5.41) is 17.8. The van der Waals surface area contributed by atoms with E-state index in [2.05, 4.69) is 11.0 Å². The summed E-state index contributed by atoms with van der Waals surface area (Å²) in [5.41, 5.74) is 1.18. The quantitative estimate of drug-likeness (QED) is 0.756. The zero-order valence-electron chi connectivity index (χ0n) is 10.6. The monoisotopic (exact) mass is 246 g/mol. The number of rotatable bonds is 4. The van der Waals surface area contributed by atoms with Gasteiger partial charge in [-0.25, -0.2) is 0 Å². The molecule has 2 N–H and O–H groups in total. The van der Waals surface area contributed by atoms with E-state index in [9.17, 15) is 5.11 Å². The molecule has 0 bridgehead atoms. The Labute approximate surface area is 108 Å². The van der Waals surface area contributed by atoms with E-state index in [1.807, 2.05) is 12.1 Å². The number of nitrogens with one attached hydrogen (secondary N) is 1. The molecule has 96 valence electrons. The summed E-state index contributed by atoms with van der Waals surface area (Å²) in [6.07, 6.45) is 1.68. The second kappa shape index (κ2) is 6.27. The van der Waals surface area contributed by atoms with Crippen molar-refractivity contribution in [3.8, 4) is 11.8 Å². The fraction of sp³-hybridized carbons (Fsp3) is 0.500. The van der Waals surface area contributed by atoms with Gasteiger partial charge in [0.2, 0.25) is 0 Å². The molecule has 0 unspecified atom stereocenters. The standard InChI is InChI=1S/C14H19N3O/c15-7-1-2-8-16-9-11-17(12-10-16)13-3-5-14(18)6-4-13/h3-6,18H,1-2,8-12H2/p+1. The maximum absolute atomic E-state index is 9.27. The summed E-state index contributed by atoms with van der Waals surface area (Å²) in [5.74, 6) is 0.319. The van der Waals surface area contributed by atoms with Crippen molar-refractivity contribution in [2.24, 2.45) is 0 Å². The predicted octanol–water partition coefficient (Wildman–Crippen LogP) is 0.401. The van der Waals surface area contributed by atoms with Gasteiger partial charge in [0.1, 0.15) is 5.75 Å². The second-order valence-electron chi connectivity index (χ2n) is 4.77. The topological polar surface area (TPSA) is 51.7 Å². The SMILES string of the molecule is N#CCCC[NH+]1CCN(c2ccc(O)cc2)CC1. The van der Waals surface area contributed by atoms with Gasteiger partial charge in [-0.15, -0.1) is 0 Å². The molecule has 1 aromatic rings. The molecule has 1 aliphatic heterocycles. The highest BCUT2D eigenvalue weighted by molar-refractivity contribution is 5.48. The highest BCUT2D eigenvalue weighted by atomic mass is 16.3. The Morgan fingerprint density at radius 1 is 1.22 bits per heavy atom. The van der Waals surface area contributed by atoms with Crippen molar-refractivity contribution in [1.82, 2.24) is 0 Å². The number of nitrogens with zero attached hydrogens (tertiary/aromatic N) is 2. The Hall–Kier alpha value is -1.73. The van der Waals surface area contributed by atoms with Crippen LogP contribution in [0.2, 0.25) is 0 Å². The van der Waals surface area contributed by atoms with E-state index in [0.29, 0.717) is 12.2 Å². The van der Waals surface area contributed by atoms with Crippen LogP contribution in [0.5, 0.6) is 5.75 Å². The Kier molecular flexibility index (Phi) is 4.43. The van der Waals surface area contributed by atoms with E-state index in [1.165, 1.54) is 5.69 Å². The van der Waals surface area contributed by atoms with E-state index < -0.39 is 0 Å². The fourth-order valence-corrected chi connectivity index (χ4v) is 2.41. The van der Waals surface area contributed by atoms with Gasteiger partial charge in [0, 0.05) is 18.5 Å².